The monoisotopic (exact) mass is 248 g/mol. The van der Waals surface area contributed by atoms with E-state index in [4.69, 9.17) is 5.26 Å². The van der Waals surface area contributed by atoms with E-state index in [-0.39, 0.29) is 0 Å². The molecule has 0 unspecified atom stereocenters. The quantitative estimate of drug-likeness (QED) is 0.714. The molecule has 2 aromatic rings. The summed E-state index contributed by atoms with van der Waals surface area (Å²) in [7, 11) is 2.01. The first-order valence-corrected chi connectivity index (χ1v) is 5.43. The molecule has 0 fully saturated rings. The van der Waals surface area contributed by atoms with Crippen LogP contribution in [0.25, 0.3) is 10.9 Å². The predicted octanol–water partition coefficient (Wildman–Crippen LogP) is 2.94. The van der Waals surface area contributed by atoms with Crippen LogP contribution in [0.15, 0.2) is 24.3 Å². The Hall–Kier alpha value is -1.27. The van der Waals surface area contributed by atoms with Gasteiger partial charge in [0.1, 0.15) is 0 Å². The van der Waals surface area contributed by atoms with Gasteiger partial charge in [-0.3, -0.25) is 0 Å². The third-order valence-electron chi connectivity index (χ3n) is 2.41. The number of aromatic nitrogens is 1. The summed E-state index contributed by atoms with van der Waals surface area (Å²) >= 11 is 3.44. The summed E-state index contributed by atoms with van der Waals surface area (Å²) in [4.78, 5) is 0. The minimum absolute atomic E-state index is 0.708. The Morgan fingerprint density at radius 1 is 1.43 bits per heavy atom. The van der Waals surface area contributed by atoms with E-state index in [1.165, 1.54) is 11.1 Å². The summed E-state index contributed by atoms with van der Waals surface area (Å²) in [5, 5.41) is 10.8. The van der Waals surface area contributed by atoms with E-state index in [2.05, 4.69) is 32.6 Å². The fourth-order valence-corrected chi connectivity index (χ4v) is 2.12. The van der Waals surface area contributed by atoms with Crippen molar-refractivity contribution in [2.75, 3.05) is 0 Å². The molecule has 0 atom stereocenters. The Bertz CT molecular complexity index is 520. The van der Waals surface area contributed by atoms with Gasteiger partial charge in [0, 0.05) is 23.6 Å². The zero-order valence-electron chi connectivity index (χ0n) is 7.79. The average Bonchev–Trinajstić information content (AvgIpc) is 2.55. The Labute approximate surface area is 90.9 Å². The fourth-order valence-electron chi connectivity index (χ4n) is 1.59. The molecule has 1 aromatic carbocycles. The van der Waals surface area contributed by atoms with Crippen LogP contribution in [0, 0.1) is 11.3 Å². The van der Waals surface area contributed by atoms with Gasteiger partial charge < -0.3 is 4.57 Å². The van der Waals surface area contributed by atoms with Crippen LogP contribution in [0.4, 0.5) is 0 Å². The predicted molar refractivity (Wildman–Crippen MR) is 60.3 cm³/mol. The molecule has 0 aliphatic heterocycles. The smallest absolute Gasteiger partial charge is 0.0992 e. The van der Waals surface area contributed by atoms with Gasteiger partial charge in [-0.05, 0) is 23.6 Å². The number of rotatable bonds is 1. The second kappa shape index (κ2) is 3.47. The van der Waals surface area contributed by atoms with E-state index in [1.807, 2.05) is 25.2 Å². The van der Waals surface area contributed by atoms with Crippen molar-refractivity contribution in [1.82, 2.24) is 4.57 Å². The molecule has 14 heavy (non-hydrogen) atoms. The number of fused-ring (bicyclic) bond motifs is 1. The zero-order valence-corrected chi connectivity index (χ0v) is 9.37. The second-order valence-corrected chi connectivity index (χ2v) is 3.77. The second-order valence-electron chi connectivity index (χ2n) is 3.21. The zero-order chi connectivity index (χ0) is 10.1. The number of hydrogen-bond acceptors (Lipinski definition) is 1. The summed E-state index contributed by atoms with van der Waals surface area (Å²) in [6.07, 6.45) is 0. The van der Waals surface area contributed by atoms with Gasteiger partial charge in [-0.2, -0.15) is 5.26 Å². The number of nitrogens with zero attached hydrogens (tertiary/aromatic N) is 2. The van der Waals surface area contributed by atoms with Crippen molar-refractivity contribution in [3.8, 4) is 6.07 Å². The van der Waals surface area contributed by atoms with Crippen LogP contribution in [-0.4, -0.2) is 4.57 Å². The minimum Gasteiger partial charge on any atom is -0.347 e. The summed E-state index contributed by atoms with van der Waals surface area (Å²) < 4.78 is 2.10. The van der Waals surface area contributed by atoms with Crippen molar-refractivity contribution in [1.29, 1.82) is 5.26 Å². The molecule has 0 spiro atoms. The molecule has 70 valence electrons. The van der Waals surface area contributed by atoms with Crippen LogP contribution in [0.5, 0.6) is 0 Å². The van der Waals surface area contributed by atoms with Gasteiger partial charge in [-0.15, -0.1) is 0 Å². The van der Waals surface area contributed by atoms with Crippen LogP contribution < -0.4 is 0 Å². The van der Waals surface area contributed by atoms with E-state index in [0.29, 0.717) is 5.56 Å². The van der Waals surface area contributed by atoms with Gasteiger partial charge in [-0.25, -0.2) is 0 Å². The first-order valence-electron chi connectivity index (χ1n) is 4.30. The van der Waals surface area contributed by atoms with Crippen LogP contribution in [0.2, 0.25) is 0 Å². The highest BCUT2D eigenvalue weighted by molar-refractivity contribution is 9.08. The molecule has 0 aliphatic rings. The van der Waals surface area contributed by atoms with E-state index < -0.39 is 0 Å². The average molecular weight is 249 g/mol. The maximum atomic E-state index is 8.78. The normalized spacial score (nSPS) is 10.4. The van der Waals surface area contributed by atoms with Crippen LogP contribution in [-0.2, 0) is 12.4 Å². The van der Waals surface area contributed by atoms with E-state index in [0.717, 1.165) is 10.8 Å². The minimum atomic E-state index is 0.708. The van der Waals surface area contributed by atoms with Crippen molar-refractivity contribution < 1.29 is 0 Å². The molecule has 0 amide bonds. The molecule has 2 rings (SSSR count). The van der Waals surface area contributed by atoms with Gasteiger partial charge in [0.15, 0.2) is 0 Å². The molecule has 0 radical (unpaired) electrons. The van der Waals surface area contributed by atoms with Gasteiger partial charge in [0.05, 0.1) is 11.6 Å². The lowest BCUT2D eigenvalue weighted by molar-refractivity contribution is 0.912. The summed E-state index contributed by atoms with van der Waals surface area (Å²) in [5.74, 6) is 0. The van der Waals surface area contributed by atoms with Gasteiger partial charge >= 0.3 is 0 Å². The Kier molecular flexibility index (Phi) is 2.30. The van der Waals surface area contributed by atoms with E-state index in [1.54, 1.807) is 0 Å². The SMILES string of the molecule is Cn1c(CBr)cc2ccc(C#N)cc21. The summed E-state index contributed by atoms with van der Waals surface area (Å²) in [6.45, 7) is 0. The number of benzene rings is 1. The maximum Gasteiger partial charge on any atom is 0.0992 e. The summed E-state index contributed by atoms with van der Waals surface area (Å²) in [6, 6.07) is 10.0. The molecule has 1 heterocycles. The Balaban J connectivity index is 2.75. The Morgan fingerprint density at radius 3 is 2.86 bits per heavy atom. The third-order valence-corrected chi connectivity index (χ3v) is 2.99. The first kappa shape index (κ1) is 9.29. The largest absolute Gasteiger partial charge is 0.347 e. The molecule has 0 saturated heterocycles. The van der Waals surface area contributed by atoms with Crippen molar-refractivity contribution >= 4 is 26.8 Å². The highest BCUT2D eigenvalue weighted by Gasteiger charge is 2.04. The molecule has 1 aromatic heterocycles. The van der Waals surface area contributed by atoms with Crippen LogP contribution in [0.3, 0.4) is 0 Å². The van der Waals surface area contributed by atoms with E-state index >= 15 is 0 Å². The van der Waals surface area contributed by atoms with Gasteiger partial charge in [0.25, 0.3) is 0 Å². The summed E-state index contributed by atoms with van der Waals surface area (Å²) in [5.41, 5.74) is 3.04. The van der Waals surface area contributed by atoms with Crippen LogP contribution >= 0.6 is 15.9 Å². The number of nitriles is 1. The topological polar surface area (TPSA) is 28.7 Å². The lowest BCUT2D eigenvalue weighted by atomic mass is 10.2. The highest BCUT2D eigenvalue weighted by Crippen LogP contribution is 2.21. The van der Waals surface area contributed by atoms with Crippen molar-refractivity contribution in [3.05, 3.63) is 35.5 Å². The fraction of sp³-hybridized carbons (Fsp3) is 0.182. The van der Waals surface area contributed by atoms with Crippen molar-refractivity contribution in [2.24, 2.45) is 7.05 Å². The van der Waals surface area contributed by atoms with Crippen molar-refractivity contribution in [2.45, 2.75) is 5.33 Å². The number of hydrogen-bond donors (Lipinski definition) is 0. The van der Waals surface area contributed by atoms with E-state index in [9.17, 15) is 0 Å². The maximum absolute atomic E-state index is 8.78. The number of aryl methyl sites for hydroxylation is 1. The molecule has 0 aliphatic carbocycles. The molecule has 0 saturated carbocycles. The molecule has 0 bridgehead atoms. The molecule has 3 heteroatoms. The first-order chi connectivity index (χ1) is 6.76. The lowest BCUT2D eigenvalue weighted by Gasteiger charge is -1.99. The molecule has 2 nitrogen and oxygen atoms in total. The molecular formula is C11H9BrN2. The number of alkyl halides is 1. The lowest BCUT2D eigenvalue weighted by Crippen LogP contribution is -1.92. The van der Waals surface area contributed by atoms with Gasteiger partial charge in [0.2, 0.25) is 0 Å². The standard InChI is InChI=1S/C11H9BrN2/c1-14-10(6-12)5-9-3-2-8(7-13)4-11(9)14/h2-5H,6H2,1H3. The van der Waals surface area contributed by atoms with Crippen molar-refractivity contribution in [3.63, 3.8) is 0 Å². The molecular weight excluding hydrogens is 240 g/mol. The van der Waals surface area contributed by atoms with Gasteiger partial charge in [-0.1, -0.05) is 22.0 Å². The third kappa shape index (κ3) is 1.32. The Morgan fingerprint density at radius 2 is 2.21 bits per heavy atom. The van der Waals surface area contributed by atoms with Crippen LogP contribution in [0.1, 0.15) is 11.3 Å². The number of halogens is 1. The molecule has 0 N–H and O–H groups in total. The highest BCUT2D eigenvalue weighted by atomic mass is 79.9.